The fourth-order valence-electron chi connectivity index (χ4n) is 4.08. The summed E-state index contributed by atoms with van der Waals surface area (Å²) in [5.74, 6) is 0.759. The minimum Gasteiger partial charge on any atom is -0.489 e. The van der Waals surface area contributed by atoms with Gasteiger partial charge >= 0.3 is 0 Å². The van der Waals surface area contributed by atoms with E-state index in [1.165, 1.54) is 0 Å². The van der Waals surface area contributed by atoms with Crippen LogP contribution in [0.5, 0.6) is 5.75 Å². The molecule has 6 heteroatoms. The number of sulfonamides is 1. The Morgan fingerprint density at radius 1 is 1.00 bits per heavy atom. The van der Waals surface area contributed by atoms with E-state index in [2.05, 4.69) is 4.98 Å². The zero-order valence-corrected chi connectivity index (χ0v) is 18.8. The Bertz CT molecular complexity index is 1120. The summed E-state index contributed by atoms with van der Waals surface area (Å²) in [6.07, 6.45) is 3.29. The van der Waals surface area contributed by atoms with E-state index in [1.807, 2.05) is 80.6 Å². The first-order valence-electron chi connectivity index (χ1n) is 10.6. The SMILES string of the molecule is Cc1cc(COc2ccc(CN3[C@@H](C)CCC(c4ccccc4)S3(=O)=O)cc2)ccn1. The van der Waals surface area contributed by atoms with Crippen molar-refractivity contribution in [3.8, 4) is 5.75 Å². The van der Waals surface area contributed by atoms with E-state index in [0.717, 1.165) is 34.6 Å². The van der Waals surface area contributed by atoms with Crippen LogP contribution in [0.1, 0.15) is 47.4 Å². The van der Waals surface area contributed by atoms with E-state index in [1.54, 1.807) is 10.5 Å². The zero-order valence-electron chi connectivity index (χ0n) is 17.9. The minimum absolute atomic E-state index is 0.0178. The fourth-order valence-corrected chi connectivity index (χ4v) is 6.28. The number of nitrogens with zero attached hydrogens (tertiary/aromatic N) is 2. The molecule has 0 aliphatic carbocycles. The molecular formula is C25H28N2O3S. The number of ether oxygens (including phenoxy) is 1. The number of pyridine rings is 1. The third-order valence-corrected chi connectivity index (χ3v) is 8.19. The largest absolute Gasteiger partial charge is 0.489 e. The highest BCUT2D eigenvalue weighted by Crippen LogP contribution is 2.38. The van der Waals surface area contributed by atoms with Crippen LogP contribution in [-0.4, -0.2) is 23.7 Å². The Morgan fingerprint density at radius 2 is 1.74 bits per heavy atom. The van der Waals surface area contributed by atoms with Gasteiger partial charge in [0.25, 0.3) is 0 Å². The van der Waals surface area contributed by atoms with Gasteiger partial charge in [-0.1, -0.05) is 42.5 Å². The second-order valence-electron chi connectivity index (χ2n) is 8.15. The number of benzene rings is 2. The number of aryl methyl sites for hydroxylation is 1. The number of aromatic nitrogens is 1. The monoisotopic (exact) mass is 436 g/mol. The minimum atomic E-state index is -3.43. The fraction of sp³-hybridized carbons (Fsp3) is 0.320. The molecule has 0 spiro atoms. The van der Waals surface area contributed by atoms with Crippen LogP contribution in [0.3, 0.4) is 0 Å². The van der Waals surface area contributed by atoms with Gasteiger partial charge in [0.15, 0.2) is 0 Å². The summed E-state index contributed by atoms with van der Waals surface area (Å²) >= 11 is 0. The van der Waals surface area contributed by atoms with E-state index >= 15 is 0 Å². The normalized spacial score (nSPS) is 21.0. The van der Waals surface area contributed by atoms with E-state index in [-0.39, 0.29) is 6.04 Å². The summed E-state index contributed by atoms with van der Waals surface area (Å²) in [5, 5.41) is -0.476. The van der Waals surface area contributed by atoms with Crippen LogP contribution in [0.15, 0.2) is 72.9 Å². The molecule has 3 aromatic rings. The topological polar surface area (TPSA) is 59.5 Å². The van der Waals surface area contributed by atoms with Gasteiger partial charge in [-0.15, -0.1) is 0 Å². The van der Waals surface area contributed by atoms with Crippen LogP contribution in [-0.2, 0) is 23.2 Å². The van der Waals surface area contributed by atoms with Crippen molar-refractivity contribution >= 4 is 10.0 Å². The van der Waals surface area contributed by atoms with Crippen molar-refractivity contribution in [1.82, 2.24) is 9.29 Å². The molecular weight excluding hydrogens is 408 g/mol. The first-order chi connectivity index (χ1) is 14.9. The van der Waals surface area contributed by atoms with Gasteiger partial charge in [-0.05, 0) is 67.6 Å². The van der Waals surface area contributed by atoms with E-state index < -0.39 is 15.3 Å². The quantitative estimate of drug-likeness (QED) is 0.544. The predicted octanol–water partition coefficient (Wildman–Crippen LogP) is 5.02. The highest BCUT2D eigenvalue weighted by molar-refractivity contribution is 7.89. The van der Waals surface area contributed by atoms with Gasteiger partial charge < -0.3 is 4.74 Å². The third-order valence-electron chi connectivity index (χ3n) is 5.82. The highest BCUT2D eigenvalue weighted by atomic mass is 32.2. The maximum absolute atomic E-state index is 13.4. The van der Waals surface area contributed by atoms with Crippen molar-refractivity contribution in [2.45, 2.75) is 51.1 Å². The van der Waals surface area contributed by atoms with E-state index in [9.17, 15) is 8.42 Å². The molecule has 31 heavy (non-hydrogen) atoms. The molecule has 1 saturated heterocycles. The summed E-state index contributed by atoms with van der Waals surface area (Å²) in [7, 11) is -3.43. The van der Waals surface area contributed by atoms with Gasteiger partial charge in [-0.2, -0.15) is 4.31 Å². The van der Waals surface area contributed by atoms with Crippen LogP contribution in [0.25, 0.3) is 0 Å². The first-order valence-corrected chi connectivity index (χ1v) is 12.1. The first kappa shape index (κ1) is 21.5. The Balaban J connectivity index is 1.45. The van der Waals surface area contributed by atoms with Gasteiger partial charge in [-0.3, -0.25) is 4.98 Å². The summed E-state index contributed by atoms with van der Waals surface area (Å²) < 4.78 is 34.3. The van der Waals surface area contributed by atoms with Crippen LogP contribution >= 0.6 is 0 Å². The van der Waals surface area contributed by atoms with E-state index in [0.29, 0.717) is 19.6 Å². The summed E-state index contributed by atoms with van der Waals surface area (Å²) in [5.41, 5.74) is 3.85. The second-order valence-corrected chi connectivity index (χ2v) is 10.2. The van der Waals surface area contributed by atoms with Crippen molar-refractivity contribution in [3.05, 3.63) is 95.3 Å². The average molecular weight is 437 g/mol. The second kappa shape index (κ2) is 9.20. The molecule has 0 bridgehead atoms. The van der Waals surface area contributed by atoms with Crippen LogP contribution in [0.4, 0.5) is 0 Å². The Labute approximate surface area is 184 Å². The molecule has 0 saturated carbocycles. The van der Waals surface area contributed by atoms with Crippen LogP contribution < -0.4 is 4.74 Å². The van der Waals surface area contributed by atoms with E-state index in [4.69, 9.17) is 4.74 Å². The molecule has 2 atom stereocenters. The third kappa shape index (κ3) is 4.97. The molecule has 1 unspecified atom stereocenters. The van der Waals surface area contributed by atoms with Crippen LogP contribution in [0.2, 0.25) is 0 Å². The molecule has 162 valence electrons. The Hall–Kier alpha value is -2.70. The van der Waals surface area contributed by atoms with Crippen molar-refractivity contribution in [2.75, 3.05) is 0 Å². The smallest absolute Gasteiger partial charge is 0.221 e. The number of rotatable bonds is 6. The average Bonchev–Trinajstić information content (AvgIpc) is 2.76. The number of hydrogen-bond donors (Lipinski definition) is 0. The maximum Gasteiger partial charge on any atom is 0.221 e. The molecule has 2 heterocycles. The molecule has 0 amide bonds. The lowest BCUT2D eigenvalue weighted by Gasteiger charge is -2.37. The molecule has 0 N–H and O–H groups in total. The van der Waals surface area contributed by atoms with Gasteiger partial charge in [0, 0.05) is 24.5 Å². The zero-order chi connectivity index (χ0) is 21.8. The molecule has 2 aromatic carbocycles. The Morgan fingerprint density at radius 3 is 2.45 bits per heavy atom. The maximum atomic E-state index is 13.4. The van der Waals surface area contributed by atoms with Crippen LogP contribution in [0, 0.1) is 6.92 Å². The van der Waals surface area contributed by atoms with Crippen molar-refractivity contribution in [3.63, 3.8) is 0 Å². The molecule has 1 aromatic heterocycles. The van der Waals surface area contributed by atoms with Crippen molar-refractivity contribution < 1.29 is 13.2 Å². The van der Waals surface area contributed by atoms with Gasteiger partial charge in [0.05, 0.1) is 0 Å². The molecule has 0 radical (unpaired) electrons. The standard InChI is InChI=1S/C25H28N2O3S/c1-19-16-22(14-15-26-19)18-30-24-11-9-21(10-12-24)17-27-20(2)8-13-25(31(27,28)29)23-6-4-3-5-7-23/h3-7,9-12,14-16,20,25H,8,13,17-18H2,1-2H3/t20-,25?/m0/s1. The molecule has 1 aliphatic heterocycles. The van der Waals surface area contributed by atoms with Gasteiger partial charge in [-0.25, -0.2) is 8.42 Å². The predicted molar refractivity (Wildman–Crippen MR) is 122 cm³/mol. The number of hydrogen-bond acceptors (Lipinski definition) is 4. The molecule has 1 fully saturated rings. The lowest BCUT2D eigenvalue weighted by atomic mass is 10.0. The van der Waals surface area contributed by atoms with Gasteiger partial charge in [0.1, 0.15) is 17.6 Å². The summed E-state index contributed by atoms with van der Waals surface area (Å²) in [6, 6.07) is 21.2. The summed E-state index contributed by atoms with van der Waals surface area (Å²) in [6.45, 7) is 4.79. The van der Waals surface area contributed by atoms with Gasteiger partial charge in [0.2, 0.25) is 10.0 Å². The Kier molecular flexibility index (Phi) is 6.39. The van der Waals surface area contributed by atoms with Crippen molar-refractivity contribution in [2.24, 2.45) is 0 Å². The molecule has 5 nitrogen and oxygen atoms in total. The summed E-state index contributed by atoms with van der Waals surface area (Å²) in [4.78, 5) is 4.19. The lowest BCUT2D eigenvalue weighted by Crippen LogP contribution is -2.44. The molecule has 1 aliphatic rings. The van der Waals surface area contributed by atoms with Crippen molar-refractivity contribution in [1.29, 1.82) is 0 Å². The molecule has 4 rings (SSSR count). The highest BCUT2D eigenvalue weighted by Gasteiger charge is 2.40. The lowest BCUT2D eigenvalue weighted by molar-refractivity contribution is 0.281.